The maximum Gasteiger partial charge on any atom is 0.175 e. The summed E-state index contributed by atoms with van der Waals surface area (Å²) in [4.78, 5) is 7.41. The van der Waals surface area contributed by atoms with E-state index in [9.17, 15) is 9.65 Å². The van der Waals surface area contributed by atoms with Crippen LogP contribution in [0.4, 0.5) is 4.39 Å². The third kappa shape index (κ3) is 5.54. The zero-order chi connectivity index (χ0) is 23.4. The molecule has 0 saturated heterocycles. The molecule has 4 aromatic rings. The SMILES string of the molecule is CCOc1cc(/C=C(/C#N)c2nc3ccc(F)cc3[nH]2)cc(Br)c1OCc1ccc(I)cc1. The number of fused-ring (bicyclic) bond motifs is 1. The van der Waals surface area contributed by atoms with Gasteiger partial charge in [0.2, 0.25) is 0 Å². The van der Waals surface area contributed by atoms with Crippen LogP contribution in [-0.2, 0) is 6.61 Å². The highest BCUT2D eigenvalue weighted by Crippen LogP contribution is 2.38. The Morgan fingerprint density at radius 3 is 2.70 bits per heavy atom. The number of nitrogens with zero attached hydrogens (tertiary/aromatic N) is 2. The number of ether oxygens (including phenoxy) is 2. The second-order valence-electron chi connectivity index (χ2n) is 7.09. The van der Waals surface area contributed by atoms with E-state index in [1.165, 1.54) is 12.1 Å². The van der Waals surface area contributed by atoms with E-state index in [1.54, 1.807) is 12.1 Å². The van der Waals surface area contributed by atoms with Crippen molar-refractivity contribution in [1.29, 1.82) is 5.26 Å². The molecule has 0 bridgehead atoms. The lowest BCUT2D eigenvalue weighted by molar-refractivity contribution is 0.267. The van der Waals surface area contributed by atoms with Gasteiger partial charge < -0.3 is 14.5 Å². The lowest BCUT2D eigenvalue weighted by atomic mass is 10.1. The van der Waals surface area contributed by atoms with Crippen molar-refractivity contribution in [2.24, 2.45) is 0 Å². The molecule has 0 spiro atoms. The fraction of sp³-hybridized carbons (Fsp3) is 0.120. The standard InChI is InChI=1S/C25H18BrFIN3O2/c1-2-32-23-11-16(10-20(26)24(23)33-14-15-3-6-19(28)7-4-15)9-17(13-29)25-30-21-8-5-18(27)12-22(21)31-25/h3-12H,2,14H2,1H3,(H,30,31)/b17-9-. The fourth-order valence-corrected chi connectivity index (χ4v) is 4.17. The monoisotopic (exact) mass is 617 g/mol. The van der Waals surface area contributed by atoms with Crippen molar-refractivity contribution in [3.05, 3.63) is 85.4 Å². The van der Waals surface area contributed by atoms with Crippen LogP contribution < -0.4 is 9.47 Å². The topological polar surface area (TPSA) is 70.9 Å². The quantitative estimate of drug-likeness (QED) is 0.177. The van der Waals surface area contributed by atoms with Crippen LogP contribution in [0.1, 0.15) is 23.9 Å². The van der Waals surface area contributed by atoms with Gasteiger partial charge in [-0.3, -0.25) is 0 Å². The molecular formula is C25H18BrFIN3O2. The van der Waals surface area contributed by atoms with Crippen LogP contribution in [0, 0.1) is 20.7 Å². The Hall–Kier alpha value is -2.90. The first-order valence-electron chi connectivity index (χ1n) is 10.1. The van der Waals surface area contributed by atoms with Crippen molar-refractivity contribution in [3.8, 4) is 17.6 Å². The van der Waals surface area contributed by atoms with Crippen LogP contribution >= 0.6 is 38.5 Å². The van der Waals surface area contributed by atoms with Crippen LogP contribution in [0.2, 0.25) is 0 Å². The number of imidazole rings is 1. The van der Waals surface area contributed by atoms with Gasteiger partial charge in [-0.05, 0) is 105 Å². The number of H-pyrrole nitrogens is 1. The average Bonchev–Trinajstić information content (AvgIpc) is 3.21. The van der Waals surface area contributed by atoms with Gasteiger partial charge in [0.15, 0.2) is 11.5 Å². The average molecular weight is 618 g/mol. The third-order valence-electron chi connectivity index (χ3n) is 4.76. The number of halogens is 3. The Bertz CT molecular complexity index is 1380. The van der Waals surface area contributed by atoms with E-state index in [0.717, 1.165) is 14.7 Å². The Balaban J connectivity index is 1.65. The van der Waals surface area contributed by atoms with Crippen molar-refractivity contribution >= 4 is 61.2 Å². The number of benzene rings is 3. The third-order valence-corrected chi connectivity index (χ3v) is 6.07. The van der Waals surface area contributed by atoms with E-state index in [2.05, 4.69) is 54.6 Å². The molecule has 4 rings (SSSR count). The first-order chi connectivity index (χ1) is 16.0. The molecule has 3 aromatic carbocycles. The summed E-state index contributed by atoms with van der Waals surface area (Å²) in [5, 5.41) is 9.73. The lowest BCUT2D eigenvalue weighted by Crippen LogP contribution is -2.01. The maximum absolute atomic E-state index is 13.5. The number of aromatic nitrogens is 2. The summed E-state index contributed by atoms with van der Waals surface area (Å²) in [7, 11) is 0. The number of nitriles is 1. The highest BCUT2D eigenvalue weighted by atomic mass is 127. The zero-order valence-corrected chi connectivity index (χ0v) is 21.3. The molecule has 0 aliphatic rings. The second-order valence-corrected chi connectivity index (χ2v) is 9.19. The number of hydrogen-bond donors (Lipinski definition) is 1. The Morgan fingerprint density at radius 2 is 1.97 bits per heavy atom. The molecule has 0 fully saturated rings. The minimum atomic E-state index is -0.369. The van der Waals surface area contributed by atoms with Gasteiger partial charge >= 0.3 is 0 Å². The second kappa shape index (κ2) is 10.4. The van der Waals surface area contributed by atoms with Crippen LogP contribution in [0.5, 0.6) is 11.5 Å². The zero-order valence-electron chi connectivity index (χ0n) is 17.5. The maximum atomic E-state index is 13.5. The van der Waals surface area contributed by atoms with E-state index < -0.39 is 0 Å². The van der Waals surface area contributed by atoms with Gasteiger partial charge in [0, 0.05) is 3.57 Å². The van der Waals surface area contributed by atoms with Crippen LogP contribution in [0.3, 0.4) is 0 Å². The van der Waals surface area contributed by atoms with Crippen LogP contribution in [0.15, 0.2) is 59.1 Å². The molecule has 0 aliphatic carbocycles. The molecule has 5 nitrogen and oxygen atoms in total. The van der Waals surface area contributed by atoms with Gasteiger partial charge in [-0.25, -0.2) is 9.37 Å². The smallest absolute Gasteiger partial charge is 0.175 e. The molecule has 0 saturated carbocycles. The van der Waals surface area contributed by atoms with E-state index in [0.29, 0.717) is 51.6 Å². The van der Waals surface area contributed by atoms with Crippen molar-refractivity contribution in [1.82, 2.24) is 9.97 Å². The van der Waals surface area contributed by atoms with Crippen molar-refractivity contribution in [2.75, 3.05) is 6.61 Å². The summed E-state index contributed by atoms with van der Waals surface area (Å²) in [5.41, 5.74) is 3.20. The molecule has 0 atom stereocenters. The Kier molecular flexibility index (Phi) is 7.30. The summed E-state index contributed by atoms with van der Waals surface area (Å²) in [6.45, 7) is 2.75. The summed E-state index contributed by atoms with van der Waals surface area (Å²) in [6, 6.07) is 18.2. The number of allylic oxidation sites excluding steroid dienone is 1. The van der Waals surface area contributed by atoms with E-state index in [4.69, 9.17) is 9.47 Å². The molecule has 0 radical (unpaired) electrons. The van der Waals surface area contributed by atoms with E-state index >= 15 is 0 Å². The van der Waals surface area contributed by atoms with E-state index in [-0.39, 0.29) is 5.82 Å². The molecule has 1 heterocycles. The predicted molar refractivity (Wildman–Crippen MR) is 138 cm³/mol. The van der Waals surface area contributed by atoms with Crippen molar-refractivity contribution in [3.63, 3.8) is 0 Å². The lowest BCUT2D eigenvalue weighted by Gasteiger charge is -2.15. The van der Waals surface area contributed by atoms with Gasteiger partial charge in [-0.1, -0.05) is 12.1 Å². The van der Waals surface area contributed by atoms with Gasteiger partial charge in [0.05, 0.1) is 27.7 Å². The van der Waals surface area contributed by atoms with E-state index in [1.807, 2.05) is 43.3 Å². The largest absolute Gasteiger partial charge is 0.490 e. The highest BCUT2D eigenvalue weighted by Gasteiger charge is 2.14. The van der Waals surface area contributed by atoms with Gasteiger partial charge in [-0.2, -0.15) is 5.26 Å². The number of aromatic amines is 1. The first kappa shape index (κ1) is 23.3. The predicted octanol–water partition coefficient (Wildman–Crippen LogP) is 7.11. The number of rotatable bonds is 7. The number of nitrogens with one attached hydrogen (secondary N) is 1. The molecule has 1 aromatic heterocycles. The Labute approximate surface area is 212 Å². The summed E-state index contributed by atoms with van der Waals surface area (Å²) in [6.07, 6.45) is 1.70. The fourth-order valence-electron chi connectivity index (χ4n) is 3.24. The van der Waals surface area contributed by atoms with Crippen LogP contribution in [-0.4, -0.2) is 16.6 Å². The minimum Gasteiger partial charge on any atom is -0.490 e. The molecule has 8 heteroatoms. The summed E-state index contributed by atoms with van der Waals surface area (Å²) in [5.74, 6) is 1.15. The molecule has 1 N–H and O–H groups in total. The minimum absolute atomic E-state index is 0.313. The molecule has 33 heavy (non-hydrogen) atoms. The van der Waals surface area contributed by atoms with Gasteiger partial charge in [0.25, 0.3) is 0 Å². The molecule has 0 unspecified atom stereocenters. The van der Waals surface area contributed by atoms with Crippen molar-refractivity contribution in [2.45, 2.75) is 13.5 Å². The molecular weight excluding hydrogens is 600 g/mol. The molecule has 0 amide bonds. The Morgan fingerprint density at radius 1 is 1.18 bits per heavy atom. The molecule has 166 valence electrons. The summed E-state index contributed by atoms with van der Waals surface area (Å²) >= 11 is 5.84. The first-order valence-corrected chi connectivity index (χ1v) is 11.9. The summed E-state index contributed by atoms with van der Waals surface area (Å²) < 4.78 is 27.2. The number of hydrogen-bond acceptors (Lipinski definition) is 4. The molecule has 0 aliphatic heterocycles. The normalized spacial score (nSPS) is 11.4. The van der Waals surface area contributed by atoms with Crippen molar-refractivity contribution < 1.29 is 13.9 Å². The van der Waals surface area contributed by atoms with Gasteiger partial charge in [0.1, 0.15) is 24.3 Å². The highest BCUT2D eigenvalue weighted by molar-refractivity contribution is 14.1. The van der Waals surface area contributed by atoms with Crippen LogP contribution in [0.25, 0.3) is 22.7 Å². The van der Waals surface area contributed by atoms with Gasteiger partial charge in [-0.15, -0.1) is 0 Å².